The van der Waals surface area contributed by atoms with Crippen molar-refractivity contribution in [1.29, 1.82) is 0 Å². The van der Waals surface area contributed by atoms with Crippen LogP contribution in [0.5, 0.6) is 17.2 Å². The van der Waals surface area contributed by atoms with Crippen molar-refractivity contribution in [2.45, 2.75) is 0 Å². The van der Waals surface area contributed by atoms with E-state index >= 15 is 0 Å². The Morgan fingerprint density at radius 2 is 1.37 bits per heavy atom. The zero-order valence-electron chi connectivity index (χ0n) is 16.3. The number of carbonyl (C=O) groups excluding carboxylic acids is 1. The average Bonchev–Trinajstić information content (AvgIpc) is 2.76. The van der Waals surface area contributed by atoms with Crippen LogP contribution in [0.2, 0.25) is 0 Å². The van der Waals surface area contributed by atoms with Gasteiger partial charge in [-0.25, -0.2) is 9.59 Å². The lowest BCUT2D eigenvalue weighted by Crippen LogP contribution is -2.21. The van der Waals surface area contributed by atoms with E-state index in [0.29, 0.717) is 28.0 Å². The number of benzene rings is 2. The van der Waals surface area contributed by atoms with Gasteiger partial charge >= 0.3 is 11.3 Å². The van der Waals surface area contributed by atoms with E-state index in [4.69, 9.17) is 23.0 Å². The fourth-order valence-electron chi connectivity index (χ4n) is 3.13. The molecule has 0 saturated carbocycles. The zero-order chi connectivity index (χ0) is 21.4. The van der Waals surface area contributed by atoms with E-state index in [2.05, 4.69) is 0 Å². The predicted molar refractivity (Wildman–Crippen MR) is 108 cm³/mol. The number of rotatable bonds is 5. The summed E-state index contributed by atoms with van der Waals surface area (Å²) in [5, 5.41) is 0.891. The van der Waals surface area contributed by atoms with Crippen molar-refractivity contribution in [1.82, 2.24) is 0 Å². The molecule has 152 valence electrons. The molecule has 0 atom stereocenters. The van der Waals surface area contributed by atoms with Crippen molar-refractivity contribution in [2.75, 3.05) is 21.3 Å². The summed E-state index contributed by atoms with van der Waals surface area (Å²) in [6.07, 6.45) is 0. The Morgan fingerprint density at radius 3 is 2.03 bits per heavy atom. The largest absolute Gasteiger partial charge is 0.497 e. The van der Waals surface area contributed by atoms with Gasteiger partial charge in [0, 0.05) is 23.6 Å². The van der Waals surface area contributed by atoms with Gasteiger partial charge in [-0.1, -0.05) is 0 Å². The monoisotopic (exact) mass is 408 g/mol. The van der Waals surface area contributed by atoms with E-state index in [1.54, 1.807) is 18.2 Å². The highest BCUT2D eigenvalue weighted by Crippen LogP contribution is 2.31. The van der Waals surface area contributed by atoms with Crippen molar-refractivity contribution in [3.8, 4) is 17.2 Å². The van der Waals surface area contributed by atoms with E-state index in [9.17, 15) is 14.4 Å². The van der Waals surface area contributed by atoms with Crippen molar-refractivity contribution in [3.05, 3.63) is 74.4 Å². The maximum atomic E-state index is 13.0. The van der Waals surface area contributed by atoms with Gasteiger partial charge in [-0.2, -0.15) is 0 Å². The Bertz CT molecular complexity index is 1410. The van der Waals surface area contributed by atoms with Crippen molar-refractivity contribution < 1.29 is 27.8 Å². The van der Waals surface area contributed by atoms with Gasteiger partial charge in [0.25, 0.3) is 0 Å². The Hall–Kier alpha value is -4.07. The summed E-state index contributed by atoms with van der Waals surface area (Å²) in [6, 6.07) is 10.6. The molecule has 2 heterocycles. The van der Waals surface area contributed by atoms with E-state index in [1.807, 2.05) is 0 Å². The van der Waals surface area contributed by atoms with Crippen LogP contribution in [0, 0.1) is 0 Å². The van der Waals surface area contributed by atoms with Gasteiger partial charge in [-0.15, -0.1) is 0 Å². The molecule has 0 amide bonds. The third-order valence-electron chi connectivity index (χ3n) is 4.68. The van der Waals surface area contributed by atoms with E-state index in [0.717, 1.165) is 0 Å². The third-order valence-corrected chi connectivity index (χ3v) is 4.68. The molecule has 2 aromatic heterocycles. The van der Waals surface area contributed by atoms with Gasteiger partial charge in [0.05, 0.1) is 26.7 Å². The van der Waals surface area contributed by atoms with Gasteiger partial charge in [0.15, 0.2) is 0 Å². The van der Waals surface area contributed by atoms with Crippen LogP contribution in [0.25, 0.3) is 21.9 Å². The highest BCUT2D eigenvalue weighted by molar-refractivity contribution is 6.11. The second kappa shape index (κ2) is 7.40. The molecule has 4 rings (SSSR count). The SMILES string of the molecule is COc1ccc2cc(C(=O)c3cc4c(OC)cc(OC)cc4oc3=O)c(=O)oc2c1. The Balaban J connectivity index is 1.89. The fraction of sp³-hybridized carbons (Fsp3) is 0.136. The van der Waals surface area contributed by atoms with Gasteiger partial charge in [-0.3, -0.25) is 4.79 Å². The maximum absolute atomic E-state index is 13.0. The second-order valence-electron chi connectivity index (χ2n) is 6.37. The first-order valence-electron chi connectivity index (χ1n) is 8.81. The van der Waals surface area contributed by atoms with Crippen LogP contribution in [0.1, 0.15) is 15.9 Å². The molecule has 2 aromatic carbocycles. The summed E-state index contributed by atoms with van der Waals surface area (Å²) in [6.45, 7) is 0. The van der Waals surface area contributed by atoms with E-state index in [1.165, 1.54) is 45.6 Å². The standard InChI is InChI=1S/C22H16O8/c1-26-12-5-4-11-6-15(21(24)29-17(11)7-12)20(23)16-10-14-18(28-3)8-13(27-2)9-19(14)30-22(16)25/h4-10H,1-3H3. The number of hydrogen-bond acceptors (Lipinski definition) is 8. The summed E-state index contributed by atoms with van der Waals surface area (Å²) >= 11 is 0. The normalized spacial score (nSPS) is 10.9. The molecule has 4 aromatic rings. The van der Waals surface area contributed by atoms with E-state index < -0.39 is 17.0 Å². The first-order chi connectivity index (χ1) is 14.4. The van der Waals surface area contributed by atoms with Gasteiger partial charge in [-0.05, 0) is 24.3 Å². The molecule has 0 aliphatic heterocycles. The number of fused-ring (bicyclic) bond motifs is 2. The Kier molecular flexibility index (Phi) is 4.75. The minimum absolute atomic E-state index is 0.186. The van der Waals surface area contributed by atoms with Crippen LogP contribution in [0.4, 0.5) is 0 Å². The van der Waals surface area contributed by atoms with Crippen LogP contribution < -0.4 is 25.5 Å². The summed E-state index contributed by atoms with van der Waals surface area (Å²) in [5.41, 5.74) is -1.92. The summed E-state index contributed by atoms with van der Waals surface area (Å²) in [7, 11) is 4.39. The van der Waals surface area contributed by atoms with Crippen LogP contribution >= 0.6 is 0 Å². The molecule has 8 heteroatoms. The maximum Gasteiger partial charge on any atom is 0.347 e. The van der Waals surface area contributed by atoms with Crippen molar-refractivity contribution >= 4 is 27.7 Å². The molecule has 0 spiro atoms. The third kappa shape index (κ3) is 3.18. The summed E-state index contributed by atoms with van der Waals surface area (Å²) < 4.78 is 26.1. The Labute approximate surface area is 169 Å². The van der Waals surface area contributed by atoms with Gasteiger partial charge < -0.3 is 23.0 Å². The topological polar surface area (TPSA) is 105 Å². The molecule has 8 nitrogen and oxygen atoms in total. The lowest BCUT2D eigenvalue weighted by Gasteiger charge is -2.09. The molecular formula is C22H16O8. The molecular weight excluding hydrogens is 392 g/mol. The number of ether oxygens (including phenoxy) is 3. The molecule has 0 aliphatic rings. The summed E-state index contributed by atoms with van der Waals surface area (Å²) in [4.78, 5) is 37.9. The first kappa shape index (κ1) is 19.3. The minimum atomic E-state index is -0.892. The summed E-state index contributed by atoms with van der Waals surface area (Å²) in [5.74, 6) is 0.462. The molecule has 0 radical (unpaired) electrons. The molecule has 0 unspecified atom stereocenters. The first-order valence-corrected chi connectivity index (χ1v) is 8.81. The van der Waals surface area contributed by atoms with E-state index in [-0.39, 0.29) is 22.3 Å². The quantitative estimate of drug-likeness (QED) is 0.366. The smallest absolute Gasteiger partial charge is 0.347 e. The second-order valence-corrected chi connectivity index (χ2v) is 6.37. The fourth-order valence-corrected chi connectivity index (χ4v) is 3.13. The molecule has 0 fully saturated rings. The predicted octanol–water partition coefficient (Wildman–Crippen LogP) is 3.16. The van der Waals surface area contributed by atoms with Crippen LogP contribution in [0.15, 0.2) is 60.9 Å². The highest BCUT2D eigenvalue weighted by Gasteiger charge is 2.22. The number of hydrogen-bond donors (Lipinski definition) is 0. The lowest BCUT2D eigenvalue weighted by atomic mass is 10.0. The zero-order valence-corrected chi connectivity index (χ0v) is 16.3. The van der Waals surface area contributed by atoms with Gasteiger partial charge in [0.1, 0.15) is 39.5 Å². The number of methoxy groups -OCH3 is 3. The van der Waals surface area contributed by atoms with Crippen LogP contribution in [-0.4, -0.2) is 27.1 Å². The average molecular weight is 408 g/mol. The van der Waals surface area contributed by atoms with Crippen molar-refractivity contribution in [2.24, 2.45) is 0 Å². The Morgan fingerprint density at radius 1 is 0.733 bits per heavy atom. The van der Waals surface area contributed by atoms with Crippen LogP contribution in [0.3, 0.4) is 0 Å². The highest BCUT2D eigenvalue weighted by atomic mass is 16.5. The lowest BCUT2D eigenvalue weighted by molar-refractivity contribution is 0.103. The molecule has 0 aliphatic carbocycles. The molecule has 0 N–H and O–H groups in total. The molecule has 0 bridgehead atoms. The van der Waals surface area contributed by atoms with Gasteiger partial charge in [0.2, 0.25) is 5.78 Å². The molecule has 30 heavy (non-hydrogen) atoms. The van der Waals surface area contributed by atoms with Crippen LogP contribution in [-0.2, 0) is 0 Å². The minimum Gasteiger partial charge on any atom is -0.497 e. The molecule has 0 saturated heterocycles. The van der Waals surface area contributed by atoms with Crippen molar-refractivity contribution in [3.63, 3.8) is 0 Å². The number of carbonyl (C=O) groups is 1. The number of ketones is 1.